The van der Waals surface area contributed by atoms with Crippen molar-refractivity contribution in [2.75, 3.05) is 19.5 Å². The van der Waals surface area contributed by atoms with Crippen molar-refractivity contribution in [3.8, 4) is 11.8 Å². The van der Waals surface area contributed by atoms with Gasteiger partial charge in [0.1, 0.15) is 16.8 Å². The lowest BCUT2D eigenvalue weighted by atomic mass is 10.1. The van der Waals surface area contributed by atoms with E-state index in [1.54, 1.807) is 24.3 Å². The van der Waals surface area contributed by atoms with Crippen LogP contribution in [0.3, 0.4) is 0 Å². The average molecular weight is 384 g/mol. The van der Waals surface area contributed by atoms with Crippen LogP contribution in [0.2, 0.25) is 0 Å². The molecule has 0 aliphatic rings. The third-order valence-corrected chi connectivity index (χ3v) is 4.70. The summed E-state index contributed by atoms with van der Waals surface area (Å²) in [5.74, 6) is 0.216. The number of carbonyl (C=O) groups is 2. The Bertz CT molecular complexity index is 890. The normalized spacial score (nSPS) is 10.1. The second kappa shape index (κ2) is 9.74. The molecule has 0 aliphatic heterocycles. The molecule has 2 aromatic rings. The molecule has 0 aliphatic carbocycles. The van der Waals surface area contributed by atoms with Crippen molar-refractivity contribution < 1.29 is 19.1 Å². The Hall–Kier alpha value is -2.85. The first kappa shape index (κ1) is 20.5. The van der Waals surface area contributed by atoms with Crippen LogP contribution in [0.1, 0.15) is 33.6 Å². The fourth-order valence-electron chi connectivity index (χ4n) is 2.37. The number of ketones is 1. The van der Waals surface area contributed by atoms with Gasteiger partial charge in [-0.15, -0.1) is 11.8 Å². The van der Waals surface area contributed by atoms with E-state index in [2.05, 4.69) is 11.1 Å². The standard InChI is InChI=1S/C20H20N2O4S/c1-13-9-14(2)22-20(17(13)11-21)27-8-7-19(24)26-12-18(23)15-5-4-6-16(10-15)25-3/h4-6,9-10H,7-8,12H2,1-3H3. The highest BCUT2D eigenvalue weighted by Gasteiger charge is 2.13. The number of pyridine rings is 1. The molecule has 27 heavy (non-hydrogen) atoms. The first-order valence-corrected chi connectivity index (χ1v) is 9.27. The number of nitriles is 1. The monoisotopic (exact) mass is 384 g/mol. The van der Waals surface area contributed by atoms with Gasteiger partial charge in [0.25, 0.3) is 0 Å². The number of hydrogen-bond acceptors (Lipinski definition) is 7. The molecule has 2 rings (SSSR count). The quantitative estimate of drug-likeness (QED) is 0.391. The van der Waals surface area contributed by atoms with Gasteiger partial charge in [-0.3, -0.25) is 9.59 Å². The zero-order chi connectivity index (χ0) is 19.8. The summed E-state index contributed by atoms with van der Waals surface area (Å²) in [4.78, 5) is 28.3. The fourth-order valence-corrected chi connectivity index (χ4v) is 3.39. The number of rotatable bonds is 8. The molecule has 0 fully saturated rings. The molecule has 0 atom stereocenters. The minimum atomic E-state index is -0.471. The van der Waals surface area contributed by atoms with Crippen LogP contribution in [0.25, 0.3) is 0 Å². The summed E-state index contributed by atoms with van der Waals surface area (Å²) in [6.45, 7) is 3.40. The molecule has 0 bridgehead atoms. The highest BCUT2D eigenvalue weighted by molar-refractivity contribution is 7.99. The lowest BCUT2D eigenvalue weighted by Crippen LogP contribution is -2.14. The van der Waals surface area contributed by atoms with Gasteiger partial charge in [-0.1, -0.05) is 12.1 Å². The van der Waals surface area contributed by atoms with Crippen molar-refractivity contribution in [3.63, 3.8) is 0 Å². The van der Waals surface area contributed by atoms with Gasteiger partial charge in [0, 0.05) is 17.0 Å². The molecule has 1 aromatic carbocycles. The van der Waals surface area contributed by atoms with Gasteiger partial charge in [-0.2, -0.15) is 5.26 Å². The predicted molar refractivity (Wildman–Crippen MR) is 102 cm³/mol. The van der Waals surface area contributed by atoms with E-state index in [0.29, 0.717) is 27.7 Å². The number of carbonyl (C=O) groups excluding carboxylic acids is 2. The van der Waals surface area contributed by atoms with Gasteiger partial charge in [0.15, 0.2) is 12.4 Å². The minimum absolute atomic E-state index is 0.121. The van der Waals surface area contributed by atoms with Gasteiger partial charge >= 0.3 is 5.97 Å². The number of benzene rings is 1. The van der Waals surface area contributed by atoms with Crippen molar-refractivity contribution in [2.45, 2.75) is 25.3 Å². The first-order valence-electron chi connectivity index (χ1n) is 8.28. The number of aryl methyl sites for hydroxylation is 2. The predicted octanol–water partition coefficient (Wildman–Crippen LogP) is 3.49. The number of Topliss-reactive ketones (excluding diaryl/α,β-unsaturated/α-hetero) is 1. The molecule has 140 valence electrons. The summed E-state index contributed by atoms with van der Waals surface area (Å²) in [6.07, 6.45) is 0.121. The van der Waals surface area contributed by atoms with Crippen molar-refractivity contribution in [1.82, 2.24) is 4.98 Å². The summed E-state index contributed by atoms with van der Waals surface area (Å²) in [5, 5.41) is 9.85. The van der Waals surface area contributed by atoms with E-state index in [1.165, 1.54) is 18.9 Å². The summed E-state index contributed by atoms with van der Waals surface area (Å²) in [6, 6.07) is 10.7. The van der Waals surface area contributed by atoms with Crippen LogP contribution in [0.4, 0.5) is 0 Å². The Balaban J connectivity index is 1.83. The Morgan fingerprint density at radius 2 is 2.04 bits per heavy atom. The van der Waals surface area contributed by atoms with E-state index in [4.69, 9.17) is 9.47 Å². The summed E-state index contributed by atoms with van der Waals surface area (Å²) >= 11 is 1.33. The van der Waals surface area contributed by atoms with Gasteiger partial charge in [0.05, 0.1) is 19.1 Å². The summed E-state index contributed by atoms with van der Waals surface area (Å²) in [7, 11) is 1.52. The maximum Gasteiger partial charge on any atom is 0.307 e. The number of nitrogens with zero attached hydrogens (tertiary/aromatic N) is 2. The SMILES string of the molecule is COc1cccc(C(=O)COC(=O)CCSc2nc(C)cc(C)c2C#N)c1. The number of esters is 1. The van der Waals surface area contributed by atoms with Gasteiger partial charge < -0.3 is 9.47 Å². The molecule has 1 heterocycles. The van der Waals surface area contributed by atoms with Gasteiger partial charge in [-0.05, 0) is 37.6 Å². The van der Waals surface area contributed by atoms with E-state index >= 15 is 0 Å². The van der Waals surface area contributed by atoms with E-state index in [1.807, 2.05) is 19.9 Å². The average Bonchev–Trinajstić information content (AvgIpc) is 2.65. The van der Waals surface area contributed by atoms with Crippen LogP contribution in [0.5, 0.6) is 5.75 Å². The van der Waals surface area contributed by atoms with Gasteiger partial charge in [-0.25, -0.2) is 4.98 Å². The highest BCUT2D eigenvalue weighted by atomic mass is 32.2. The fraction of sp³-hybridized carbons (Fsp3) is 0.300. The first-order chi connectivity index (χ1) is 12.9. The zero-order valence-corrected chi connectivity index (χ0v) is 16.3. The molecule has 0 radical (unpaired) electrons. The minimum Gasteiger partial charge on any atom is -0.497 e. The topological polar surface area (TPSA) is 89.3 Å². The molecule has 0 saturated carbocycles. The molecule has 0 saturated heterocycles. The zero-order valence-electron chi connectivity index (χ0n) is 15.4. The molecular weight excluding hydrogens is 364 g/mol. The van der Waals surface area contributed by atoms with Crippen molar-refractivity contribution in [2.24, 2.45) is 0 Å². The van der Waals surface area contributed by atoms with Crippen LogP contribution in [-0.4, -0.2) is 36.2 Å². The van der Waals surface area contributed by atoms with Crippen LogP contribution in [0, 0.1) is 25.2 Å². The maximum atomic E-state index is 12.1. The van der Waals surface area contributed by atoms with Crippen LogP contribution < -0.4 is 4.74 Å². The number of aromatic nitrogens is 1. The summed E-state index contributed by atoms with van der Waals surface area (Å²) in [5.41, 5.74) is 2.63. The van der Waals surface area contributed by atoms with Crippen LogP contribution >= 0.6 is 11.8 Å². The third-order valence-electron chi connectivity index (χ3n) is 3.72. The second-order valence-corrected chi connectivity index (χ2v) is 6.87. The van der Waals surface area contributed by atoms with E-state index < -0.39 is 5.97 Å². The number of hydrogen-bond donors (Lipinski definition) is 0. The molecule has 0 N–H and O–H groups in total. The molecule has 0 amide bonds. The van der Waals surface area contributed by atoms with Crippen LogP contribution in [-0.2, 0) is 9.53 Å². The van der Waals surface area contributed by atoms with Crippen molar-refractivity contribution >= 4 is 23.5 Å². The Morgan fingerprint density at radius 1 is 1.26 bits per heavy atom. The lowest BCUT2D eigenvalue weighted by Gasteiger charge is -2.08. The van der Waals surface area contributed by atoms with Crippen molar-refractivity contribution in [1.29, 1.82) is 5.26 Å². The highest BCUT2D eigenvalue weighted by Crippen LogP contribution is 2.24. The Kier molecular flexibility index (Phi) is 7.38. The molecule has 1 aromatic heterocycles. The molecule has 7 heteroatoms. The van der Waals surface area contributed by atoms with Crippen LogP contribution in [0.15, 0.2) is 35.4 Å². The Morgan fingerprint density at radius 3 is 2.74 bits per heavy atom. The molecule has 0 unspecified atom stereocenters. The largest absolute Gasteiger partial charge is 0.497 e. The van der Waals surface area contributed by atoms with E-state index in [9.17, 15) is 14.9 Å². The van der Waals surface area contributed by atoms with E-state index in [-0.39, 0.29) is 18.8 Å². The Labute approximate surface area is 162 Å². The van der Waals surface area contributed by atoms with Gasteiger partial charge in [0.2, 0.25) is 0 Å². The molecule has 0 spiro atoms. The van der Waals surface area contributed by atoms with Crippen molar-refractivity contribution in [3.05, 3.63) is 52.7 Å². The molecule has 6 nitrogen and oxygen atoms in total. The second-order valence-electron chi connectivity index (χ2n) is 5.79. The third kappa shape index (κ3) is 5.83. The smallest absolute Gasteiger partial charge is 0.307 e. The number of thioether (sulfide) groups is 1. The summed E-state index contributed by atoms with van der Waals surface area (Å²) < 4.78 is 10.1. The molecular formula is C20H20N2O4S. The van der Waals surface area contributed by atoms with E-state index in [0.717, 1.165) is 11.3 Å². The maximum absolute atomic E-state index is 12.1. The number of methoxy groups -OCH3 is 1. The number of ether oxygens (including phenoxy) is 2. The lowest BCUT2D eigenvalue weighted by molar-refractivity contribution is -0.141.